The van der Waals surface area contributed by atoms with Gasteiger partial charge in [0, 0.05) is 11.9 Å². The van der Waals surface area contributed by atoms with Crippen LogP contribution in [0.1, 0.15) is 5.69 Å². The Hall–Kier alpha value is -0.800. The standard InChI is InChI=1S/C6H9NO2/c8-5-9-4-6-2-1-3-7-6/h1-3,7-8H,4-5H2. The molecule has 0 aliphatic heterocycles. The molecule has 1 aromatic heterocycles. The van der Waals surface area contributed by atoms with Gasteiger partial charge in [0.2, 0.25) is 0 Å². The Kier molecular flexibility index (Phi) is 2.30. The van der Waals surface area contributed by atoms with E-state index < -0.39 is 0 Å². The molecule has 9 heavy (non-hydrogen) atoms. The van der Waals surface area contributed by atoms with Gasteiger partial charge in [0.15, 0.2) is 0 Å². The van der Waals surface area contributed by atoms with Crippen LogP contribution in [0.2, 0.25) is 0 Å². The van der Waals surface area contributed by atoms with E-state index in [4.69, 9.17) is 9.84 Å². The van der Waals surface area contributed by atoms with Crippen LogP contribution in [0.4, 0.5) is 0 Å². The molecule has 0 atom stereocenters. The highest BCUT2D eigenvalue weighted by atomic mass is 16.6. The van der Waals surface area contributed by atoms with Crippen molar-refractivity contribution in [3.8, 4) is 0 Å². The maximum absolute atomic E-state index is 8.23. The van der Waals surface area contributed by atoms with Crippen LogP contribution >= 0.6 is 0 Å². The Morgan fingerprint density at radius 3 is 3.11 bits per heavy atom. The molecule has 0 aliphatic rings. The predicted octanol–water partition coefficient (Wildman–Crippen LogP) is 0.481. The van der Waals surface area contributed by atoms with E-state index >= 15 is 0 Å². The number of aliphatic hydroxyl groups is 1. The Morgan fingerprint density at radius 2 is 2.56 bits per heavy atom. The molecule has 0 saturated carbocycles. The molecule has 3 heteroatoms. The highest BCUT2D eigenvalue weighted by molar-refractivity contribution is 5.01. The molecule has 3 nitrogen and oxygen atoms in total. The molecule has 50 valence electrons. The summed E-state index contributed by atoms with van der Waals surface area (Å²) in [5.41, 5.74) is 0.976. The average molecular weight is 127 g/mol. The SMILES string of the molecule is OCOCc1ccc[nH]1. The number of H-pyrrole nitrogens is 1. The zero-order valence-electron chi connectivity index (χ0n) is 5.00. The molecule has 0 fully saturated rings. The van der Waals surface area contributed by atoms with Crippen molar-refractivity contribution >= 4 is 0 Å². The molecule has 1 aromatic rings. The first-order valence-corrected chi connectivity index (χ1v) is 2.74. The van der Waals surface area contributed by atoms with Crippen molar-refractivity contribution in [1.29, 1.82) is 0 Å². The fraction of sp³-hybridized carbons (Fsp3) is 0.333. The lowest BCUT2D eigenvalue weighted by Gasteiger charge is -1.94. The minimum absolute atomic E-state index is 0.223. The lowest BCUT2D eigenvalue weighted by molar-refractivity contribution is -0.0123. The molecular formula is C6H9NO2. The molecule has 0 radical (unpaired) electrons. The zero-order chi connectivity index (χ0) is 6.53. The third-order valence-electron chi connectivity index (χ3n) is 1.01. The van der Waals surface area contributed by atoms with Crippen molar-refractivity contribution in [3.05, 3.63) is 24.0 Å². The number of aromatic amines is 1. The van der Waals surface area contributed by atoms with Crippen LogP contribution in [0.5, 0.6) is 0 Å². The van der Waals surface area contributed by atoms with E-state index in [1.807, 2.05) is 18.3 Å². The first-order chi connectivity index (χ1) is 4.43. The summed E-state index contributed by atoms with van der Waals surface area (Å²) in [6, 6.07) is 3.78. The second-order valence-corrected chi connectivity index (χ2v) is 1.67. The number of aliphatic hydroxyl groups excluding tert-OH is 1. The van der Waals surface area contributed by atoms with Gasteiger partial charge in [-0.1, -0.05) is 0 Å². The normalized spacial score (nSPS) is 9.89. The summed E-state index contributed by atoms with van der Waals surface area (Å²) < 4.78 is 4.70. The van der Waals surface area contributed by atoms with E-state index in [9.17, 15) is 0 Å². The molecule has 0 bridgehead atoms. The summed E-state index contributed by atoms with van der Waals surface area (Å²) in [7, 11) is 0. The minimum Gasteiger partial charge on any atom is -0.371 e. The Morgan fingerprint density at radius 1 is 1.67 bits per heavy atom. The van der Waals surface area contributed by atoms with Gasteiger partial charge in [-0.3, -0.25) is 0 Å². The van der Waals surface area contributed by atoms with Crippen molar-refractivity contribution in [2.45, 2.75) is 6.61 Å². The highest BCUT2D eigenvalue weighted by Gasteiger charge is 1.88. The van der Waals surface area contributed by atoms with Crippen molar-refractivity contribution in [2.75, 3.05) is 6.79 Å². The summed E-state index contributed by atoms with van der Waals surface area (Å²) in [5.74, 6) is 0. The van der Waals surface area contributed by atoms with E-state index in [-0.39, 0.29) is 6.79 Å². The van der Waals surface area contributed by atoms with Crippen molar-refractivity contribution in [1.82, 2.24) is 4.98 Å². The van der Waals surface area contributed by atoms with Gasteiger partial charge in [0.25, 0.3) is 0 Å². The van der Waals surface area contributed by atoms with Crippen LogP contribution < -0.4 is 0 Å². The number of nitrogens with one attached hydrogen (secondary N) is 1. The Bertz CT molecular complexity index is 148. The summed E-state index contributed by atoms with van der Waals surface area (Å²) in [4.78, 5) is 2.94. The maximum Gasteiger partial charge on any atom is 0.144 e. The van der Waals surface area contributed by atoms with Crippen LogP contribution in [-0.4, -0.2) is 16.9 Å². The maximum atomic E-state index is 8.23. The smallest absolute Gasteiger partial charge is 0.144 e. The quantitative estimate of drug-likeness (QED) is 0.580. The largest absolute Gasteiger partial charge is 0.371 e. The first-order valence-electron chi connectivity index (χ1n) is 2.74. The number of rotatable bonds is 3. The van der Waals surface area contributed by atoms with Crippen LogP contribution in [-0.2, 0) is 11.3 Å². The van der Waals surface area contributed by atoms with E-state index in [1.54, 1.807) is 0 Å². The number of hydrogen-bond donors (Lipinski definition) is 2. The van der Waals surface area contributed by atoms with Crippen molar-refractivity contribution in [2.24, 2.45) is 0 Å². The van der Waals surface area contributed by atoms with Crippen LogP contribution in [0, 0.1) is 0 Å². The van der Waals surface area contributed by atoms with Gasteiger partial charge in [-0.15, -0.1) is 0 Å². The fourth-order valence-corrected chi connectivity index (χ4v) is 0.613. The van der Waals surface area contributed by atoms with Gasteiger partial charge in [0.05, 0.1) is 6.61 Å². The van der Waals surface area contributed by atoms with Crippen LogP contribution in [0.25, 0.3) is 0 Å². The molecule has 1 heterocycles. The number of hydrogen-bond acceptors (Lipinski definition) is 2. The second-order valence-electron chi connectivity index (χ2n) is 1.67. The molecule has 0 aliphatic carbocycles. The molecule has 0 saturated heterocycles. The van der Waals surface area contributed by atoms with Crippen LogP contribution in [0.3, 0.4) is 0 Å². The van der Waals surface area contributed by atoms with Gasteiger partial charge in [-0.25, -0.2) is 0 Å². The molecular weight excluding hydrogens is 118 g/mol. The van der Waals surface area contributed by atoms with E-state index in [1.165, 1.54) is 0 Å². The Balaban J connectivity index is 2.30. The monoisotopic (exact) mass is 127 g/mol. The molecule has 0 amide bonds. The lowest BCUT2D eigenvalue weighted by Crippen LogP contribution is -1.92. The van der Waals surface area contributed by atoms with E-state index in [0.29, 0.717) is 6.61 Å². The number of aromatic nitrogens is 1. The topological polar surface area (TPSA) is 45.2 Å². The summed E-state index contributed by atoms with van der Waals surface area (Å²) in [6.45, 7) is 0.225. The van der Waals surface area contributed by atoms with Gasteiger partial charge in [-0.05, 0) is 12.1 Å². The van der Waals surface area contributed by atoms with E-state index in [2.05, 4.69) is 4.98 Å². The highest BCUT2D eigenvalue weighted by Crippen LogP contribution is 1.94. The number of ether oxygens (including phenoxy) is 1. The molecule has 1 rings (SSSR count). The zero-order valence-corrected chi connectivity index (χ0v) is 5.00. The molecule has 0 aromatic carbocycles. The van der Waals surface area contributed by atoms with Crippen LogP contribution in [0.15, 0.2) is 18.3 Å². The summed E-state index contributed by atoms with van der Waals surface area (Å²) in [6.07, 6.45) is 1.82. The van der Waals surface area contributed by atoms with Gasteiger partial charge < -0.3 is 14.8 Å². The Labute approximate surface area is 53.3 Å². The minimum atomic E-state index is -0.223. The molecule has 0 spiro atoms. The third kappa shape index (κ3) is 1.87. The third-order valence-corrected chi connectivity index (χ3v) is 1.01. The van der Waals surface area contributed by atoms with Crippen molar-refractivity contribution < 1.29 is 9.84 Å². The van der Waals surface area contributed by atoms with Gasteiger partial charge >= 0.3 is 0 Å². The fourth-order valence-electron chi connectivity index (χ4n) is 0.613. The molecule has 2 N–H and O–H groups in total. The van der Waals surface area contributed by atoms with E-state index in [0.717, 1.165) is 5.69 Å². The van der Waals surface area contributed by atoms with Crippen molar-refractivity contribution in [3.63, 3.8) is 0 Å². The predicted molar refractivity (Wildman–Crippen MR) is 32.7 cm³/mol. The first kappa shape index (κ1) is 6.32. The summed E-state index contributed by atoms with van der Waals surface area (Å²) >= 11 is 0. The van der Waals surface area contributed by atoms with Gasteiger partial charge in [0.1, 0.15) is 6.79 Å². The average Bonchev–Trinajstić information content (AvgIpc) is 2.34. The second kappa shape index (κ2) is 3.27. The molecule has 0 unspecified atom stereocenters. The lowest BCUT2D eigenvalue weighted by atomic mass is 10.5. The summed E-state index contributed by atoms with van der Waals surface area (Å²) in [5, 5.41) is 8.23. The van der Waals surface area contributed by atoms with Gasteiger partial charge in [-0.2, -0.15) is 0 Å².